The maximum absolute atomic E-state index is 13.4. The lowest BCUT2D eigenvalue weighted by Crippen LogP contribution is -2.15. The molecule has 1 aromatic carbocycles. The van der Waals surface area contributed by atoms with Gasteiger partial charge in [0.2, 0.25) is 0 Å². The number of amides is 1. The van der Waals surface area contributed by atoms with E-state index in [0.29, 0.717) is 11.3 Å². The second kappa shape index (κ2) is 6.96. The van der Waals surface area contributed by atoms with Gasteiger partial charge in [-0.3, -0.25) is 4.79 Å². The Balaban J connectivity index is 1.75. The summed E-state index contributed by atoms with van der Waals surface area (Å²) in [6.45, 7) is 3.59. The van der Waals surface area contributed by atoms with Crippen LogP contribution in [0, 0.1) is 13.8 Å². The van der Waals surface area contributed by atoms with Crippen LogP contribution in [-0.2, 0) is 6.18 Å². The van der Waals surface area contributed by atoms with Gasteiger partial charge < -0.3 is 5.32 Å². The zero-order valence-corrected chi connectivity index (χ0v) is 16.1. The van der Waals surface area contributed by atoms with E-state index < -0.39 is 17.6 Å². The Hall–Kier alpha value is -3.27. The molecular formula is C19H14F3N5OS. The number of imidazole rings is 1. The van der Waals surface area contributed by atoms with Gasteiger partial charge in [0.05, 0.1) is 22.5 Å². The summed E-state index contributed by atoms with van der Waals surface area (Å²) in [7, 11) is 0. The lowest BCUT2D eigenvalue weighted by molar-refractivity contribution is -0.137. The summed E-state index contributed by atoms with van der Waals surface area (Å²) in [5.41, 5.74) is -0.0506. The van der Waals surface area contributed by atoms with Crippen LogP contribution in [0.5, 0.6) is 0 Å². The third-order valence-electron chi connectivity index (χ3n) is 4.23. The molecule has 3 heterocycles. The van der Waals surface area contributed by atoms with Crippen molar-refractivity contribution in [2.24, 2.45) is 0 Å². The average molecular weight is 417 g/mol. The number of anilines is 1. The molecule has 29 heavy (non-hydrogen) atoms. The van der Waals surface area contributed by atoms with Crippen LogP contribution in [0.4, 0.5) is 19.0 Å². The van der Waals surface area contributed by atoms with Gasteiger partial charge in [0, 0.05) is 10.4 Å². The number of aromatic nitrogens is 4. The van der Waals surface area contributed by atoms with Gasteiger partial charge in [0.15, 0.2) is 11.5 Å². The molecule has 0 saturated heterocycles. The minimum Gasteiger partial charge on any atom is -0.304 e. The summed E-state index contributed by atoms with van der Waals surface area (Å²) >= 11 is 1.40. The van der Waals surface area contributed by atoms with Crippen LogP contribution >= 0.6 is 11.3 Å². The zero-order valence-electron chi connectivity index (χ0n) is 15.3. The highest BCUT2D eigenvalue weighted by molar-refractivity contribution is 7.11. The van der Waals surface area contributed by atoms with Crippen molar-refractivity contribution in [2.75, 3.05) is 5.32 Å². The molecule has 1 N–H and O–H groups in total. The lowest BCUT2D eigenvalue weighted by Gasteiger charge is -2.12. The number of fused-ring (bicyclic) bond motifs is 1. The van der Waals surface area contributed by atoms with E-state index in [2.05, 4.69) is 20.4 Å². The number of halogens is 3. The first-order valence-corrected chi connectivity index (χ1v) is 9.32. The summed E-state index contributed by atoms with van der Waals surface area (Å²) in [6.07, 6.45) is -3.12. The molecule has 0 radical (unpaired) electrons. The summed E-state index contributed by atoms with van der Waals surface area (Å²) < 4.78 is 41.4. The van der Waals surface area contributed by atoms with Gasteiger partial charge in [-0.15, -0.1) is 11.3 Å². The second-order valence-corrected chi connectivity index (χ2v) is 7.67. The average Bonchev–Trinajstić information content (AvgIpc) is 3.23. The molecule has 3 aromatic heterocycles. The summed E-state index contributed by atoms with van der Waals surface area (Å²) in [5, 5.41) is 7.71. The minimum absolute atomic E-state index is 0.0566. The highest BCUT2D eigenvalue weighted by atomic mass is 32.1. The number of thiazole rings is 1. The molecule has 6 nitrogen and oxygen atoms in total. The molecule has 148 valence electrons. The number of rotatable bonds is 3. The van der Waals surface area contributed by atoms with Crippen LogP contribution in [-0.4, -0.2) is 25.5 Å². The van der Waals surface area contributed by atoms with E-state index in [-0.39, 0.29) is 17.1 Å². The molecule has 0 aliphatic rings. The van der Waals surface area contributed by atoms with Gasteiger partial charge in [-0.2, -0.15) is 22.8 Å². The Labute approximate surface area is 167 Å². The number of hydrogen-bond acceptors (Lipinski definition) is 5. The Morgan fingerprint density at radius 1 is 1.14 bits per heavy atom. The quantitative estimate of drug-likeness (QED) is 0.523. The molecule has 4 rings (SSSR count). The molecule has 0 saturated carbocycles. The third-order valence-corrected chi connectivity index (χ3v) is 5.12. The first-order valence-electron chi connectivity index (χ1n) is 8.51. The van der Waals surface area contributed by atoms with Crippen molar-refractivity contribution < 1.29 is 18.0 Å². The number of carbonyl (C=O) groups is 1. The highest BCUT2D eigenvalue weighted by Crippen LogP contribution is 2.36. The summed E-state index contributed by atoms with van der Waals surface area (Å²) in [5.74, 6) is -0.196. The second-order valence-electron chi connectivity index (χ2n) is 6.27. The molecule has 0 unspecified atom stereocenters. The lowest BCUT2D eigenvalue weighted by atomic mass is 10.0. The van der Waals surface area contributed by atoms with Crippen LogP contribution in [0.25, 0.3) is 16.9 Å². The molecule has 0 spiro atoms. The molecule has 0 bridgehead atoms. The molecule has 0 aliphatic carbocycles. The van der Waals surface area contributed by atoms with Crippen molar-refractivity contribution in [3.8, 4) is 11.3 Å². The number of alkyl halides is 3. The van der Waals surface area contributed by atoms with Crippen molar-refractivity contribution in [1.29, 1.82) is 0 Å². The number of benzene rings is 1. The molecule has 1 amide bonds. The Kier molecular flexibility index (Phi) is 4.58. The van der Waals surface area contributed by atoms with Gasteiger partial charge >= 0.3 is 6.18 Å². The fourth-order valence-corrected chi connectivity index (χ4v) is 3.79. The molecule has 10 heteroatoms. The van der Waals surface area contributed by atoms with Crippen molar-refractivity contribution in [3.63, 3.8) is 0 Å². The monoisotopic (exact) mass is 417 g/mol. The van der Waals surface area contributed by atoms with Crippen LogP contribution in [0.2, 0.25) is 0 Å². The smallest absolute Gasteiger partial charge is 0.304 e. The van der Waals surface area contributed by atoms with Crippen LogP contribution in [0.15, 0.2) is 42.6 Å². The van der Waals surface area contributed by atoms with Crippen LogP contribution < -0.4 is 5.32 Å². The maximum Gasteiger partial charge on any atom is 0.417 e. The van der Waals surface area contributed by atoms with E-state index in [4.69, 9.17) is 0 Å². The molecule has 0 atom stereocenters. The minimum atomic E-state index is -4.51. The number of nitrogens with one attached hydrogen (secondary N) is 1. The maximum atomic E-state index is 13.4. The summed E-state index contributed by atoms with van der Waals surface area (Å²) in [6, 6.07) is 8.21. The largest absolute Gasteiger partial charge is 0.417 e. The standard InChI is InChI=1S/C19H14F3N5OS/c1-10-17(24-11(2)29-10)18(28)25-16-9-23-15-8-7-14(26-27(15)16)12-5-3-4-6-13(12)19(20,21)22/h3-9H,1-2H3,(H,25,28). The summed E-state index contributed by atoms with van der Waals surface area (Å²) in [4.78, 5) is 21.7. The molecular weight excluding hydrogens is 403 g/mol. The van der Waals surface area contributed by atoms with Crippen LogP contribution in [0.3, 0.4) is 0 Å². The zero-order chi connectivity index (χ0) is 20.8. The van der Waals surface area contributed by atoms with E-state index in [9.17, 15) is 18.0 Å². The Morgan fingerprint density at radius 3 is 2.59 bits per heavy atom. The van der Waals surface area contributed by atoms with Gasteiger partial charge in [-0.1, -0.05) is 18.2 Å². The molecule has 4 aromatic rings. The van der Waals surface area contributed by atoms with Crippen molar-refractivity contribution in [1.82, 2.24) is 19.6 Å². The Bertz CT molecular complexity index is 1230. The number of carbonyl (C=O) groups excluding carboxylic acids is 1. The van der Waals surface area contributed by atoms with Gasteiger partial charge in [-0.25, -0.2) is 9.97 Å². The number of nitrogens with zero attached hydrogens (tertiary/aromatic N) is 4. The van der Waals surface area contributed by atoms with Gasteiger partial charge in [0.1, 0.15) is 5.69 Å². The predicted octanol–water partition coefficient (Wildman–Crippen LogP) is 4.74. The van der Waals surface area contributed by atoms with Gasteiger partial charge in [0.25, 0.3) is 5.91 Å². The SMILES string of the molecule is Cc1nc(C(=O)Nc2cnc3ccc(-c4ccccc4C(F)(F)F)nn23)c(C)s1. The van der Waals surface area contributed by atoms with Gasteiger partial charge in [-0.05, 0) is 32.0 Å². The van der Waals surface area contributed by atoms with E-state index in [1.54, 1.807) is 19.9 Å². The predicted molar refractivity (Wildman–Crippen MR) is 103 cm³/mol. The van der Waals surface area contributed by atoms with E-state index >= 15 is 0 Å². The first kappa shape index (κ1) is 19.1. The fraction of sp³-hybridized carbons (Fsp3) is 0.158. The van der Waals surface area contributed by atoms with Crippen LogP contribution in [0.1, 0.15) is 25.9 Å². The normalized spacial score (nSPS) is 11.8. The third kappa shape index (κ3) is 3.58. The van der Waals surface area contributed by atoms with E-state index in [1.165, 1.54) is 46.3 Å². The fourth-order valence-electron chi connectivity index (χ4n) is 2.97. The topological polar surface area (TPSA) is 72.2 Å². The van der Waals surface area contributed by atoms with E-state index in [0.717, 1.165) is 16.0 Å². The number of aryl methyl sites for hydroxylation is 2. The molecule has 0 fully saturated rings. The number of hydrogen-bond donors (Lipinski definition) is 1. The van der Waals surface area contributed by atoms with Crippen molar-refractivity contribution in [2.45, 2.75) is 20.0 Å². The highest BCUT2D eigenvalue weighted by Gasteiger charge is 2.33. The Morgan fingerprint density at radius 2 is 1.90 bits per heavy atom. The van der Waals surface area contributed by atoms with Crippen molar-refractivity contribution >= 4 is 28.7 Å². The molecule has 0 aliphatic heterocycles. The first-order chi connectivity index (χ1) is 13.7. The van der Waals surface area contributed by atoms with E-state index in [1.807, 2.05) is 0 Å². The van der Waals surface area contributed by atoms with Crippen molar-refractivity contribution in [3.05, 3.63) is 63.7 Å².